The normalized spacial score (nSPS) is 15.0. The molecular formula is C35H33N7O6S2. The summed E-state index contributed by atoms with van der Waals surface area (Å²) in [5.74, 6) is 0.438. The number of furan rings is 2. The van der Waals surface area contributed by atoms with Crippen molar-refractivity contribution in [2.24, 2.45) is 0 Å². The summed E-state index contributed by atoms with van der Waals surface area (Å²) in [6, 6.07) is 14.3. The van der Waals surface area contributed by atoms with Crippen molar-refractivity contribution in [3.63, 3.8) is 0 Å². The van der Waals surface area contributed by atoms with Crippen LogP contribution in [0.4, 0.5) is 4.79 Å². The third kappa shape index (κ3) is 8.18. The Morgan fingerprint density at radius 3 is 2.34 bits per heavy atom. The minimum absolute atomic E-state index is 0.0206. The Balaban J connectivity index is 0.000000174. The number of urea groups is 1. The lowest BCUT2D eigenvalue weighted by molar-refractivity contribution is -0.124. The van der Waals surface area contributed by atoms with Gasteiger partial charge in [-0.25, -0.2) is 14.8 Å². The number of rotatable bonds is 10. The molecule has 1 aliphatic heterocycles. The smallest absolute Gasteiger partial charge is 0.329 e. The number of fused-ring (bicyclic) bond motifs is 2. The zero-order chi connectivity index (χ0) is 35.2. The highest BCUT2D eigenvalue weighted by molar-refractivity contribution is 7.99. The van der Waals surface area contributed by atoms with E-state index in [1.165, 1.54) is 35.5 Å². The monoisotopic (exact) mass is 711 g/mol. The van der Waals surface area contributed by atoms with Crippen LogP contribution in [0.3, 0.4) is 0 Å². The summed E-state index contributed by atoms with van der Waals surface area (Å²) >= 11 is 2.74. The van der Waals surface area contributed by atoms with Gasteiger partial charge in [-0.15, -0.1) is 0 Å². The van der Waals surface area contributed by atoms with Crippen LogP contribution in [0.2, 0.25) is 0 Å². The van der Waals surface area contributed by atoms with Gasteiger partial charge in [0.15, 0.2) is 20.5 Å². The fourth-order valence-corrected chi connectivity index (χ4v) is 6.57. The van der Waals surface area contributed by atoms with Crippen LogP contribution in [-0.4, -0.2) is 62.1 Å². The largest absolute Gasteiger partial charge is 0.450 e. The highest BCUT2D eigenvalue weighted by atomic mass is 32.2. The lowest BCUT2D eigenvalue weighted by atomic mass is 10.1. The number of aldehydes is 1. The summed E-state index contributed by atoms with van der Waals surface area (Å²) in [4.78, 5) is 63.2. The first kappa shape index (κ1) is 34.3. The Labute approximate surface area is 294 Å². The average Bonchev–Trinajstić information content (AvgIpc) is 3.93. The van der Waals surface area contributed by atoms with Gasteiger partial charge in [-0.05, 0) is 92.7 Å². The van der Waals surface area contributed by atoms with Gasteiger partial charge in [0, 0.05) is 24.7 Å². The predicted molar refractivity (Wildman–Crippen MR) is 189 cm³/mol. The molecule has 4 N–H and O–H groups in total. The maximum absolute atomic E-state index is 12.3. The number of carbonyl (C=O) groups excluding carboxylic acids is 4. The summed E-state index contributed by atoms with van der Waals surface area (Å²) in [6.07, 6.45) is 10.1. The van der Waals surface area contributed by atoms with E-state index in [0.717, 1.165) is 44.9 Å². The Morgan fingerprint density at radius 1 is 0.960 bits per heavy atom. The van der Waals surface area contributed by atoms with Gasteiger partial charge >= 0.3 is 6.03 Å². The van der Waals surface area contributed by atoms with Gasteiger partial charge in [0.05, 0.1) is 28.2 Å². The molecule has 5 aromatic rings. The lowest BCUT2D eigenvalue weighted by Crippen LogP contribution is -2.36. The number of nitrogens with zero attached hydrogens (tertiary/aromatic N) is 3. The van der Waals surface area contributed by atoms with Gasteiger partial charge in [0.1, 0.15) is 23.5 Å². The van der Waals surface area contributed by atoms with Crippen molar-refractivity contribution in [1.82, 2.24) is 35.5 Å². The number of aromatic amines is 2. The van der Waals surface area contributed by atoms with Crippen LogP contribution in [0.5, 0.6) is 0 Å². The standard InChI is InChI=1S/C18H18N4O3S.C17H15N3O3S/c1-10(2)22-16(23)14(21-18(22)24)9-11-7-8-15(25-11)26-17-19-12-5-3-4-6-13(12)20-17;1-18-15(22)9-11(10-21)8-12-6-7-16(23-12)24-17-19-13-4-2-3-5-14(13)20-17/h5-10H,3-4H2,1-2H3,(H,19,20)(H,21,24);2-8,10H,9H2,1H3,(H,18,22)(H,19,20)/b14-9-;11-8+. The molecule has 4 aromatic heterocycles. The first-order valence-electron chi connectivity index (χ1n) is 15.7. The fraction of sp³-hybridized carbons (Fsp3) is 0.200. The maximum atomic E-state index is 12.3. The Kier molecular flexibility index (Phi) is 10.5. The first-order valence-corrected chi connectivity index (χ1v) is 17.3. The fourth-order valence-electron chi connectivity index (χ4n) is 5.03. The van der Waals surface area contributed by atoms with Gasteiger partial charge in [-0.1, -0.05) is 24.3 Å². The Bertz CT molecular complexity index is 2190. The van der Waals surface area contributed by atoms with E-state index in [1.807, 2.05) is 30.3 Å². The highest BCUT2D eigenvalue weighted by Crippen LogP contribution is 2.30. The highest BCUT2D eigenvalue weighted by Gasteiger charge is 2.35. The second-order valence-electron chi connectivity index (χ2n) is 11.3. The second-order valence-corrected chi connectivity index (χ2v) is 13.3. The molecular weight excluding hydrogens is 679 g/mol. The Hall–Kier alpha value is -5.54. The van der Waals surface area contributed by atoms with E-state index < -0.39 is 6.03 Å². The Morgan fingerprint density at radius 2 is 1.66 bits per heavy atom. The minimum Gasteiger partial charge on any atom is -0.450 e. The minimum atomic E-state index is -0.411. The molecule has 7 rings (SSSR count). The van der Waals surface area contributed by atoms with E-state index >= 15 is 0 Å². The molecule has 13 nitrogen and oxygen atoms in total. The van der Waals surface area contributed by atoms with Gasteiger partial charge in [0.2, 0.25) is 5.91 Å². The van der Waals surface area contributed by atoms with Crippen molar-refractivity contribution in [3.8, 4) is 0 Å². The molecule has 1 aromatic carbocycles. The van der Waals surface area contributed by atoms with E-state index in [4.69, 9.17) is 8.83 Å². The van der Waals surface area contributed by atoms with Gasteiger partial charge < -0.3 is 29.4 Å². The van der Waals surface area contributed by atoms with Crippen LogP contribution < -0.4 is 21.3 Å². The molecule has 0 saturated carbocycles. The molecule has 2 aliphatic rings. The summed E-state index contributed by atoms with van der Waals surface area (Å²) in [6.45, 7) is 3.58. The van der Waals surface area contributed by atoms with Crippen molar-refractivity contribution in [2.45, 2.75) is 59.6 Å². The third-order valence-electron chi connectivity index (χ3n) is 7.39. The van der Waals surface area contributed by atoms with Crippen molar-refractivity contribution in [1.29, 1.82) is 0 Å². The first-order chi connectivity index (χ1) is 24.2. The molecule has 5 heterocycles. The SMILES string of the molecule is CC(C)N1C(=O)N/C(=C\c2ccc(Sc3nc4c([nH]3)=CCCC=4)o2)C1=O.CNC(=O)C/C(C=O)=C\c1ccc(Sc2nc3ccccc3[nH]2)o1. The zero-order valence-electron chi connectivity index (χ0n) is 27.3. The molecule has 0 atom stereocenters. The number of benzene rings is 1. The number of H-pyrrole nitrogens is 2. The number of imidazole rings is 2. The van der Waals surface area contributed by atoms with Crippen LogP contribution in [0, 0.1) is 0 Å². The third-order valence-corrected chi connectivity index (χ3v) is 9.01. The van der Waals surface area contributed by atoms with Gasteiger partial charge in [0.25, 0.3) is 5.91 Å². The number of carbonyl (C=O) groups is 4. The van der Waals surface area contributed by atoms with Crippen molar-refractivity contribution < 1.29 is 28.0 Å². The van der Waals surface area contributed by atoms with E-state index in [-0.39, 0.29) is 30.0 Å². The van der Waals surface area contributed by atoms with E-state index in [1.54, 1.807) is 44.2 Å². The summed E-state index contributed by atoms with van der Waals surface area (Å²) in [5, 5.41) is 9.86. The quantitative estimate of drug-likeness (QED) is 0.0891. The number of hydrogen-bond donors (Lipinski definition) is 4. The van der Waals surface area contributed by atoms with Crippen LogP contribution in [0.15, 0.2) is 89.1 Å². The molecule has 1 fully saturated rings. The van der Waals surface area contributed by atoms with Crippen molar-refractivity contribution in [2.75, 3.05) is 7.05 Å². The van der Waals surface area contributed by atoms with E-state index in [2.05, 4.69) is 42.7 Å². The van der Waals surface area contributed by atoms with Gasteiger partial charge in [-0.2, -0.15) is 0 Å². The summed E-state index contributed by atoms with van der Waals surface area (Å²) in [5.41, 5.74) is 2.41. The molecule has 50 heavy (non-hydrogen) atoms. The number of hydrogen-bond acceptors (Lipinski definition) is 10. The van der Waals surface area contributed by atoms with Crippen molar-refractivity contribution >= 4 is 83.0 Å². The van der Waals surface area contributed by atoms with Crippen molar-refractivity contribution in [3.05, 3.63) is 82.0 Å². The number of aromatic nitrogens is 4. The van der Waals surface area contributed by atoms with Crippen LogP contribution >= 0.6 is 23.5 Å². The predicted octanol–water partition coefficient (Wildman–Crippen LogP) is 4.84. The number of nitrogens with one attached hydrogen (secondary N) is 4. The molecule has 0 spiro atoms. The van der Waals surface area contributed by atoms with Crippen LogP contribution in [0.25, 0.3) is 35.3 Å². The van der Waals surface area contributed by atoms with Crippen LogP contribution in [0.1, 0.15) is 44.6 Å². The molecule has 4 amide bonds. The second kappa shape index (κ2) is 15.3. The molecule has 256 valence electrons. The average molecular weight is 712 g/mol. The summed E-state index contributed by atoms with van der Waals surface area (Å²) < 4.78 is 11.4. The molecule has 0 unspecified atom stereocenters. The van der Waals surface area contributed by atoms with Gasteiger partial charge in [-0.3, -0.25) is 19.3 Å². The maximum Gasteiger partial charge on any atom is 0.329 e. The zero-order valence-corrected chi connectivity index (χ0v) is 28.9. The molecule has 1 saturated heterocycles. The number of imide groups is 1. The van der Waals surface area contributed by atoms with Crippen LogP contribution in [-0.2, 0) is 14.4 Å². The summed E-state index contributed by atoms with van der Waals surface area (Å²) in [7, 11) is 1.53. The lowest BCUT2D eigenvalue weighted by Gasteiger charge is -2.15. The molecule has 0 bridgehead atoms. The topological polar surface area (TPSA) is 179 Å². The number of para-hydroxylation sites is 2. The molecule has 1 aliphatic carbocycles. The molecule has 15 heteroatoms. The molecule has 0 radical (unpaired) electrons. The number of amides is 4. The van der Waals surface area contributed by atoms with E-state index in [9.17, 15) is 19.2 Å². The van der Waals surface area contributed by atoms with E-state index in [0.29, 0.717) is 33.6 Å².